The number of alkyl halides is 2. The molecule has 1 aromatic heterocycles. The molecule has 0 N–H and O–H groups in total. The van der Waals surface area contributed by atoms with Crippen LogP contribution >= 0.6 is 31.9 Å². The molecule has 0 radical (unpaired) electrons. The third-order valence-corrected chi connectivity index (χ3v) is 6.14. The Morgan fingerprint density at radius 3 is 2.62 bits per heavy atom. The molecule has 0 aliphatic heterocycles. The van der Waals surface area contributed by atoms with E-state index in [0.717, 1.165) is 28.8 Å². The van der Waals surface area contributed by atoms with E-state index in [-0.39, 0.29) is 0 Å². The molecule has 0 fully saturated rings. The smallest absolute Gasteiger partial charge is 0.167 e. The Bertz CT molecular complexity index is 836. The zero-order valence-corrected chi connectivity index (χ0v) is 17.5. The van der Waals surface area contributed by atoms with Gasteiger partial charge < -0.3 is 14.0 Å². The van der Waals surface area contributed by atoms with Gasteiger partial charge in [-0.3, -0.25) is 0 Å². The summed E-state index contributed by atoms with van der Waals surface area (Å²) >= 11 is 7.10. The molecule has 0 bridgehead atoms. The summed E-state index contributed by atoms with van der Waals surface area (Å²) < 4.78 is 16.7. The topological polar surface area (TPSA) is 44.5 Å². The van der Waals surface area contributed by atoms with E-state index in [1.54, 1.807) is 7.11 Å². The van der Waals surface area contributed by atoms with Gasteiger partial charge >= 0.3 is 0 Å². The molecular formula is C20H19Br2NO3. The highest BCUT2D eigenvalue weighted by Gasteiger charge is 2.11. The molecule has 0 spiro atoms. The van der Waals surface area contributed by atoms with Gasteiger partial charge in [0, 0.05) is 21.8 Å². The van der Waals surface area contributed by atoms with Crippen LogP contribution in [0.5, 0.6) is 11.5 Å². The van der Waals surface area contributed by atoms with E-state index in [0.29, 0.717) is 22.9 Å². The molecule has 0 aliphatic carbocycles. The highest BCUT2D eigenvalue weighted by atomic mass is 79.9. The molecule has 1 atom stereocenters. The first-order chi connectivity index (χ1) is 12.7. The van der Waals surface area contributed by atoms with Gasteiger partial charge in [-0.1, -0.05) is 73.4 Å². The average Bonchev–Trinajstić information content (AvgIpc) is 3.16. The monoisotopic (exact) mass is 479 g/mol. The third-order valence-electron chi connectivity index (χ3n) is 3.85. The van der Waals surface area contributed by atoms with Crippen molar-refractivity contribution in [2.24, 2.45) is 0 Å². The second-order valence-corrected chi connectivity index (χ2v) is 7.72. The van der Waals surface area contributed by atoms with Crippen LogP contribution in [0.3, 0.4) is 0 Å². The second kappa shape index (κ2) is 9.24. The van der Waals surface area contributed by atoms with Crippen molar-refractivity contribution >= 4 is 31.9 Å². The highest BCUT2D eigenvalue weighted by Crippen LogP contribution is 2.30. The van der Waals surface area contributed by atoms with Crippen molar-refractivity contribution in [3.63, 3.8) is 0 Å². The van der Waals surface area contributed by atoms with Crippen LogP contribution in [0.25, 0.3) is 11.3 Å². The van der Waals surface area contributed by atoms with Gasteiger partial charge in [-0.2, -0.15) is 0 Å². The number of rotatable bonds is 8. The lowest BCUT2D eigenvalue weighted by molar-refractivity contribution is 0.272. The molecular weight excluding hydrogens is 462 g/mol. The maximum absolute atomic E-state index is 5.88. The van der Waals surface area contributed by atoms with Crippen LogP contribution in [0.4, 0.5) is 0 Å². The second-order valence-electron chi connectivity index (χ2n) is 5.78. The molecule has 2 aromatic carbocycles. The Morgan fingerprint density at radius 2 is 1.88 bits per heavy atom. The van der Waals surface area contributed by atoms with Gasteiger partial charge in [-0.05, 0) is 24.1 Å². The summed E-state index contributed by atoms with van der Waals surface area (Å²) in [6.07, 6.45) is 0.908. The summed E-state index contributed by atoms with van der Waals surface area (Å²) in [6.45, 7) is 0.314. The first-order valence-corrected chi connectivity index (χ1v) is 10.2. The van der Waals surface area contributed by atoms with Crippen LogP contribution in [0.1, 0.15) is 11.3 Å². The number of methoxy groups -OCH3 is 1. The number of hydrogen-bond acceptors (Lipinski definition) is 4. The number of ether oxygens (including phenoxy) is 2. The van der Waals surface area contributed by atoms with E-state index in [2.05, 4.69) is 37.0 Å². The maximum Gasteiger partial charge on any atom is 0.167 e. The molecule has 6 heteroatoms. The van der Waals surface area contributed by atoms with Crippen LogP contribution < -0.4 is 9.47 Å². The number of nitrogens with zero attached hydrogens (tertiary/aromatic N) is 1. The van der Waals surface area contributed by atoms with Gasteiger partial charge in [0.25, 0.3) is 0 Å². The normalized spacial score (nSPS) is 12.0. The molecule has 136 valence electrons. The van der Waals surface area contributed by atoms with Gasteiger partial charge in [-0.25, -0.2) is 0 Å². The first kappa shape index (κ1) is 19.0. The fraction of sp³-hybridized carbons (Fsp3) is 0.250. The molecule has 0 amide bonds. The molecule has 26 heavy (non-hydrogen) atoms. The van der Waals surface area contributed by atoms with Gasteiger partial charge in [0.1, 0.15) is 12.3 Å². The minimum Gasteiger partial charge on any atom is -0.493 e. The van der Waals surface area contributed by atoms with Crippen LogP contribution in [0.15, 0.2) is 59.1 Å². The SMILES string of the molecule is COc1cc(CC(Br)CBr)ccc1OCc1cc(-c2ccccc2)on1. The van der Waals surface area contributed by atoms with Crippen molar-refractivity contribution in [2.75, 3.05) is 12.4 Å². The average molecular weight is 481 g/mol. The summed E-state index contributed by atoms with van der Waals surface area (Å²) in [5.74, 6) is 2.12. The maximum atomic E-state index is 5.88. The molecule has 0 saturated heterocycles. The van der Waals surface area contributed by atoms with Gasteiger partial charge in [0.15, 0.2) is 17.3 Å². The Morgan fingerprint density at radius 1 is 1.08 bits per heavy atom. The zero-order chi connectivity index (χ0) is 18.4. The quantitative estimate of drug-likeness (QED) is 0.392. The minimum absolute atomic E-state index is 0.314. The van der Waals surface area contributed by atoms with Crippen LogP contribution in [-0.2, 0) is 13.0 Å². The largest absolute Gasteiger partial charge is 0.493 e. The first-order valence-electron chi connectivity index (χ1n) is 8.20. The van der Waals surface area contributed by atoms with Crippen LogP contribution in [0, 0.1) is 0 Å². The van der Waals surface area contributed by atoms with Crippen molar-refractivity contribution in [3.05, 3.63) is 65.9 Å². The van der Waals surface area contributed by atoms with Crippen LogP contribution in [0.2, 0.25) is 0 Å². The van der Waals surface area contributed by atoms with Gasteiger partial charge in [-0.15, -0.1) is 0 Å². The fourth-order valence-corrected chi connectivity index (χ4v) is 3.14. The minimum atomic E-state index is 0.314. The van der Waals surface area contributed by atoms with Crippen molar-refractivity contribution < 1.29 is 14.0 Å². The highest BCUT2D eigenvalue weighted by molar-refractivity contribution is 9.12. The van der Waals surface area contributed by atoms with Crippen molar-refractivity contribution in [1.29, 1.82) is 0 Å². The van der Waals surface area contributed by atoms with E-state index < -0.39 is 0 Å². The molecule has 1 unspecified atom stereocenters. The molecule has 0 saturated carbocycles. The molecule has 0 aliphatic rings. The van der Waals surface area contributed by atoms with Crippen molar-refractivity contribution in [2.45, 2.75) is 17.9 Å². The van der Waals surface area contributed by atoms with Gasteiger partial charge in [0.05, 0.1) is 7.11 Å². The Balaban J connectivity index is 1.67. The Hall–Kier alpha value is -1.79. The predicted octanol–water partition coefficient (Wildman–Crippen LogP) is 5.63. The number of hydrogen-bond donors (Lipinski definition) is 0. The molecule has 1 heterocycles. The van der Waals surface area contributed by atoms with Gasteiger partial charge in [0.2, 0.25) is 0 Å². The van der Waals surface area contributed by atoms with E-state index in [4.69, 9.17) is 14.0 Å². The summed E-state index contributed by atoms with van der Waals surface area (Å²) in [7, 11) is 1.64. The summed E-state index contributed by atoms with van der Waals surface area (Å²) in [5.41, 5.74) is 2.91. The Labute approximate surface area is 169 Å². The fourth-order valence-electron chi connectivity index (χ4n) is 2.54. The van der Waals surface area contributed by atoms with E-state index in [9.17, 15) is 0 Å². The lowest BCUT2D eigenvalue weighted by atomic mass is 10.1. The zero-order valence-electron chi connectivity index (χ0n) is 14.3. The number of benzene rings is 2. The lowest BCUT2D eigenvalue weighted by Gasteiger charge is -2.12. The third kappa shape index (κ3) is 4.89. The predicted molar refractivity (Wildman–Crippen MR) is 109 cm³/mol. The van der Waals surface area contributed by atoms with Crippen molar-refractivity contribution in [1.82, 2.24) is 5.16 Å². The summed E-state index contributed by atoms with van der Waals surface area (Å²) in [4.78, 5) is 0.380. The summed E-state index contributed by atoms with van der Waals surface area (Å²) in [6, 6.07) is 17.7. The molecule has 3 rings (SSSR count). The van der Waals surface area contributed by atoms with E-state index in [1.165, 1.54) is 5.56 Å². The molecule has 3 aromatic rings. The molecule has 4 nitrogen and oxygen atoms in total. The standard InChI is InChI=1S/C20H19Br2NO3/c1-24-20-10-14(9-16(22)12-21)7-8-18(20)25-13-17-11-19(26-23-17)15-5-3-2-4-6-15/h2-8,10-11,16H,9,12-13H2,1H3. The van der Waals surface area contributed by atoms with E-state index >= 15 is 0 Å². The number of aromatic nitrogens is 1. The Kier molecular flexibility index (Phi) is 6.74. The van der Waals surface area contributed by atoms with E-state index in [1.807, 2.05) is 54.6 Å². The number of halogens is 2. The van der Waals surface area contributed by atoms with Crippen molar-refractivity contribution in [3.8, 4) is 22.8 Å². The van der Waals surface area contributed by atoms with Crippen LogP contribution in [-0.4, -0.2) is 22.4 Å². The summed E-state index contributed by atoms with van der Waals surface area (Å²) in [5, 5.41) is 4.97. The lowest BCUT2D eigenvalue weighted by Crippen LogP contribution is -2.04.